The molecule has 78 valence electrons. The number of likely N-dealkylation sites (N-methyl/N-ethyl adjacent to an activating group) is 1. The van der Waals surface area contributed by atoms with Crippen LogP contribution in [0.25, 0.3) is 0 Å². The molecule has 0 aromatic carbocycles. The van der Waals surface area contributed by atoms with Gasteiger partial charge in [0.15, 0.2) is 0 Å². The molecule has 3 nitrogen and oxygen atoms in total. The third-order valence-electron chi connectivity index (χ3n) is 2.68. The fraction of sp³-hybridized carbons (Fsp3) is 0.900. The van der Waals surface area contributed by atoms with Crippen LogP contribution in [0.1, 0.15) is 34.1 Å². The molecule has 3 heteroatoms. The molecule has 0 aromatic heterocycles. The van der Waals surface area contributed by atoms with E-state index >= 15 is 0 Å². The van der Waals surface area contributed by atoms with Gasteiger partial charge in [-0.25, -0.2) is 0 Å². The predicted octanol–water partition coefficient (Wildman–Crippen LogP) is 1.83. The molecule has 0 heterocycles. The first-order valence-corrected chi connectivity index (χ1v) is 4.86. The third kappa shape index (κ3) is 3.35. The van der Waals surface area contributed by atoms with Crippen LogP contribution in [-0.2, 0) is 4.79 Å². The number of hydrogen-bond acceptors (Lipinski definition) is 2. The molecule has 0 aromatic rings. The summed E-state index contributed by atoms with van der Waals surface area (Å²) in [5.41, 5.74) is 0. The molecule has 0 saturated heterocycles. The molecule has 0 rings (SSSR count). The summed E-state index contributed by atoms with van der Waals surface area (Å²) in [6.07, 6.45) is 0.992. The minimum Gasteiger partial charge on any atom is -0.480 e. The van der Waals surface area contributed by atoms with E-state index in [0.717, 1.165) is 6.42 Å². The van der Waals surface area contributed by atoms with Gasteiger partial charge >= 0.3 is 5.97 Å². The lowest BCUT2D eigenvalue weighted by Gasteiger charge is -2.33. The number of carboxylic acid groups (broad SMARTS) is 1. The summed E-state index contributed by atoms with van der Waals surface area (Å²) >= 11 is 0. The Balaban J connectivity index is 4.36. The number of rotatable bonds is 5. The summed E-state index contributed by atoms with van der Waals surface area (Å²) in [5.74, 6) is -0.251. The van der Waals surface area contributed by atoms with Crippen molar-refractivity contribution < 1.29 is 9.90 Å². The van der Waals surface area contributed by atoms with Crippen molar-refractivity contribution >= 4 is 5.97 Å². The number of carbonyl (C=O) groups is 1. The van der Waals surface area contributed by atoms with Crippen molar-refractivity contribution in [3.63, 3.8) is 0 Å². The predicted molar refractivity (Wildman–Crippen MR) is 53.8 cm³/mol. The standard InChI is InChI=1S/C10H21NO2/c1-6-9(7(2)3)11(5)8(4)10(12)13/h7-9H,6H2,1-5H3,(H,12,13). The molecule has 1 N–H and O–H groups in total. The van der Waals surface area contributed by atoms with Gasteiger partial charge in [0.25, 0.3) is 0 Å². The minimum absolute atomic E-state index is 0.353. The van der Waals surface area contributed by atoms with Crippen LogP contribution in [0.5, 0.6) is 0 Å². The zero-order chi connectivity index (χ0) is 10.6. The highest BCUT2D eigenvalue weighted by Gasteiger charge is 2.24. The van der Waals surface area contributed by atoms with Crippen LogP contribution in [0.4, 0.5) is 0 Å². The highest BCUT2D eigenvalue weighted by Crippen LogP contribution is 2.15. The average molecular weight is 187 g/mol. The Labute approximate surface area is 80.7 Å². The molecular formula is C10H21NO2. The Morgan fingerprint density at radius 1 is 1.38 bits per heavy atom. The van der Waals surface area contributed by atoms with E-state index in [4.69, 9.17) is 5.11 Å². The SMILES string of the molecule is CCC(C(C)C)N(C)C(C)C(=O)O. The van der Waals surface area contributed by atoms with Crippen LogP contribution >= 0.6 is 0 Å². The molecule has 0 spiro atoms. The minimum atomic E-state index is -0.749. The van der Waals surface area contributed by atoms with E-state index in [9.17, 15) is 4.79 Å². The maximum Gasteiger partial charge on any atom is 0.320 e. The van der Waals surface area contributed by atoms with E-state index in [1.807, 2.05) is 11.9 Å². The van der Waals surface area contributed by atoms with Crippen LogP contribution in [0.2, 0.25) is 0 Å². The second-order valence-corrected chi connectivity index (χ2v) is 3.90. The quantitative estimate of drug-likeness (QED) is 0.713. The molecule has 0 aliphatic carbocycles. The lowest BCUT2D eigenvalue weighted by molar-refractivity contribution is -0.143. The summed E-state index contributed by atoms with van der Waals surface area (Å²) in [6, 6.07) is -0.0431. The van der Waals surface area contributed by atoms with Crippen molar-refractivity contribution in [3.8, 4) is 0 Å². The van der Waals surface area contributed by atoms with Crippen molar-refractivity contribution in [1.29, 1.82) is 0 Å². The van der Waals surface area contributed by atoms with Crippen LogP contribution in [0.3, 0.4) is 0 Å². The van der Waals surface area contributed by atoms with Crippen LogP contribution in [0, 0.1) is 5.92 Å². The van der Waals surface area contributed by atoms with Crippen molar-refractivity contribution in [1.82, 2.24) is 4.90 Å². The number of nitrogens with zero attached hydrogens (tertiary/aromatic N) is 1. The third-order valence-corrected chi connectivity index (χ3v) is 2.68. The Kier molecular flexibility index (Phi) is 4.99. The molecule has 2 atom stereocenters. The topological polar surface area (TPSA) is 40.5 Å². The van der Waals surface area contributed by atoms with Gasteiger partial charge in [-0.3, -0.25) is 9.69 Å². The van der Waals surface area contributed by atoms with Crippen molar-refractivity contribution in [3.05, 3.63) is 0 Å². The zero-order valence-corrected chi connectivity index (χ0v) is 9.24. The normalized spacial score (nSPS) is 16.2. The first kappa shape index (κ1) is 12.4. The van der Waals surface area contributed by atoms with Gasteiger partial charge in [0, 0.05) is 6.04 Å². The highest BCUT2D eigenvalue weighted by atomic mass is 16.4. The molecule has 0 amide bonds. The second kappa shape index (κ2) is 5.22. The Hall–Kier alpha value is -0.570. The molecule has 0 aliphatic rings. The van der Waals surface area contributed by atoms with Crippen LogP contribution < -0.4 is 0 Å². The van der Waals surface area contributed by atoms with E-state index in [1.54, 1.807) is 6.92 Å². The van der Waals surface area contributed by atoms with Gasteiger partial charge in [-0.1, -0.05) is 20.8 Å². The summed E-state index contributed by atoms with van der Waals surface area (Å²) < 4.78 is 0. The Morgan fingerprint density at radius 2 is 1.85 bits per heavy atom. The first-order chi connectivity index (χ1) is 5.91. The van der Waals surface area contributed by atoms with Crippen molar-refractivity contribution in [2.75, 3.05) is 7.05 Å². The summed E-state index contributed by atoms with van der Waals surface area (Å²) in [6.45, 7) is 8.07. The average Bonchev–Trinajstić information content (AvgIpc) is 2.03. The van der Waals surface area contributed by atoms with Crippen LogP contribution in [0.15, 0.2) is 0 Å². The number of carboxylic acids is 1. The van der Waals surface area contributed by atoms with Crippen LogP contribution in [-0.4, -0.2) is 35.1 Å². The van der Waals surface area contributed by atoms with Crippen molar-refractivity contribution in [2.45, 2.75) is 46.2 Å². The maximum atomic E-state index is 10.7. The molecular weight excluding hydrogens is 166 g/mol. The van der Waals surface area contributed by atoms with Crippen molar-refractivity contribution in [2.24, 2.45) is 5.92 Å². The highest BCUT2D eigenvalue weighted by molar-refractivity contribution is 5.72. The van der Waals surface area contributed by atoms with Gasteiger partial charge in [0.1, 0.15) is 6.04 Å². The van der Waals surface area contributed by atoms with E-state index < -0.39 is 12.0 Å². The molecule has 2 unspecified atom stereocenters. The van der Waals surface area contributed by atoms with E-state index in [1.165, 1.54) is 0 Å². The molecule has 13 heavy (non-hydrogen) atoms. The van der Waals surface area contributed by atoms with Gasteiger partial charge in [-0.2, -0.15) is 0 Å². The van der Waals surface area contributed by atoms with Gasteiger partial charge in [0.2, 0.25) is 0 Å². The van der Waals surface area contributed by atoms with Gasteiger partial charge in [-0.15, -0.1) is 0 Å². The summed E-state index contributed by atoms with van der Waals surface area (Å²) in [7, 11) is 1.88. The monoisotopic (exact) mass is 187 g/mol. The van der Waals surface area contributed by atoms with Gasteiger partial charge in [0.05, 0.1) is 0 Å². The molecule has 0 fully saturated rings. The number of aliphatic carboxylic acids is 1. The Morgan fingerprint density at radius 3 is 2.08 bits per heavy atom. The van der Waals surface area contributed by atoms with Gasteiger partial charge in [-0.05, 0) is 26.3 Å². The smallest absolute Gasteiger partial charge is 0.320 e. The fourth-order valence-electron chi connectivity index (χ4n) is 1.69. The second-order valence-electron chi connectivity index (χ2n) is 3.90. The number of hydrogen-bond donors (Lipinski definition) is 1. The Bertz CT molecular complexity index is 168. The van der Waals surface area contributed by atoms with E-state index in [-0.39, 0.29) is 0 Å². The van der Waals surface area contributed by atoms with E-state index in [0.29, 0.717) is 12.0 Å². The van der Waals surface area contributed by atoms with E-state index in [2.05, 4.69) is 20.8 Å². The molecule has 0 aliphatic heterocycles. The first-order valence-electron chi connectivity index (χ1n) is 4.86. The molecule has 0 radical (unpaired) electrons. The van der Waals surface area contributed by atoms with Gasteiger partial charge < -0.3 is 5.11 Å². The molecule has 0 bridgehead atoms. The fourth-order valence-corrected chi connectivity index (χ4v) is 1.69. The summed E-state index contributed by atoms with van der Waals surface area (Å²) in [4.78, 5) is 12.7. The lowest BCUT2D eigenvalue weighted by atomic mass is 9.99. The lowest BCUT2D eigenvalue weighted by Crippen LogP contribution is -2.45. The summed E-state index contributed by atoms with van der Waals surface area (Å²) in [5, 5.41) is 8.84. The molecule has 0 saturated carbocycles. The maximum absolute atomic E-state index is 10.7. The zero-order valence-electron chi connectivity index (χ0n) is 9.24. The largest absolute Gasteiger partial charge is 0.480 e.